The standard InChI is InChI=1S/C14H9BrClFO2/c1-19-12-4-2-3-10(13(12)17)14(18)9-6-5-8(15)7-11(9)16/h2-7H,1H3. The highest BCUT2D eigenvalue weighted by atomic mass is 79.9. The Balaban J connectivity index is 2.50. The van der Waals surface area contributed by atoms with E-state index in [0.717, 1.165) is 4.47 Å². The lowest BCUT2D eigenvalue weighted by atomic mass is 10.0. The third kappa shape index (κ3) is 2.80. The van der Waals surface area contributed by atoms with Gasteiger partial charge in [0, 0.05) is 10.0 Å². The monoisotopic (exact) mass is 342 g/mol. The van der Waals surface area contributed by atoms with Crippen LogP contribution in [-0.2, 0) is 0 Å². The van der Waals surface area contributed by atoms with Gasteiger partial charge in [0.2, 0.25) is 0 Å². The summed E-state index contributed by atoms with van der Waals surface area (Å²) in [5.74, 6) is -1.14. The summed E-state index contributed by atoms with van der Waals surface area (Å²) in [5, 5.41) is 0.265. The summed E-state index contributed by atoms with van der Waals surface area (Å²) in [6, 6.07) is 9.23. The van der Waals surface area contributed by atoms with Crippen LogP contribution in [-0.4, -0.2) is 12.9 Å². The van der Waals surface area contributed by atoms with Crippen LogP contribution in [0.2, 0.25) is 5.02 Å². The Kier molecular flexibility index (Phi) is 4.22. The van der Waals surface area contributed by atoms with Gasteiger partial charge in [-0.15, -0.1) is 0 Å². The summed E-state index contributed by atoms with van der Waals surface area (Å²) < 4.78 is 19.6. The van der Waals surface area contributed by atoms with Gasteiger partial charge in [-0.05, 0) is 30.3 Å². The quantitative estimate of drug-likeness (QED) is 0.768. The van der Waals surface area contributed by atoms with Crippen LogP contribution in [0, 0.1) is 5.82 Å². The highest BCUT2D eigenvalue weighted by Gasteiger charge is 2.19. The third-order valence-corrected chi connectivity index (χ3v) is 3.41. The topological polar surface area (TPSA) is 26.3 Å². The van der Waals surface area contributed by atoms with Crippen molar-refractivity contribution in [2.45, 2.75) is 0 Å². The second-order valence-electron chi connectivity index (χ2n) is 3.78. The van der Waals surface area contributed by atoms with Crippen molar-refractivity contribution in [1.29, 1.82) is 0 Å². The van der Waals surface area contributed by atoms with Gasteiger partial charge in [0.15, 0.2) is 17.3 Å². The summed E-state index contributed by atoms with van der Waals surface area (Å²) >= 11 is 9.24. The number of halogens is 3. The maximum atomic E-state index is 14.0. The Morgan fingerprint density at radius 1 is 1.26 bits per heavy atom. The van der Waals surface area contributed by atoms with Crippen LogP contribution >= 0.6 is 27.5 Å². The Morgan fingerprint density at radius 2 is 2.00 bits per heavy atom. The molecule has 0 aromatic heterocycles. The van der Waals surface area contributed by atoms with E-state index in [2.05, 4.69) is 15.9 Å². The van der Waals surface area contributed by atoms with Gasteiger partial charge in [-0.3, -0.25) is 4.79 Å². The molecule has 0 unspecified atom stereocenters. The predicted molar refractivity (Wildman–Crippen MR) is 75.5 cm³/mol. The maximum absolute atomic E-state index is 14.0. The van der Waals surface area contributed by atoms with E-state index in [1.807, 2.05) is 0 Å². The number of carbonyl (C=O) groups excluding carboxylic acids is 1. The van der Waals surface area contributed by atoms with E-state index in [9.17, 15) is 9.18 Å². The number of rotatable bonds is 3. The van der Waals surface area contributed by atoms with Gasteiger partial charge in [0.25, 0.3) is 0 Å². The number of ketones is 1. The van der Waals surface area contributed by atoms with Crippen molar-refractivity contribution in [2.75, 3.05) is 7.11 Å². The molecule has 2 aromatic carbocycles. The van der Waals surface area contributed by atoms with Crippen molar-refractivity contribution in [2.24, 2.45) is 0 Å². The largest absolute Gasteiger partial charge is 0.494 e. The van der Waals surface area contributed by atoms with Crippen LogP contribution < -0.4 is 4.74 Å². The number of methoxy groups -OCH3 is 1. The Hall–Kier alpha value is -1.39. The molecule has 0 bridgehead atoms. The van der Waals surface area contributed by atoms with Crippen LogP contribution in [0.3, 0.4) is 0 Å². The molecular formula is C14H9BrClFO2. The van der Waals surface area contributed by atoms with Crippen LogP contribution in [0.1, 0.15) is 15.9 Å². The fourth-order valence-corrected chi connectivity index (χ4v) is 2.42. The molecule has 0 aliphatic heterocycles. The van der Waals surface area contributed by atoms with Gasteiger partial charge < -0.3 is 4.74 Å². The number of benzene rings is 2. The maximum Gasteiger partial charge on any atom is 0.197 e. The molecule has 0 heterocycles. The Morgan fingerprint density at radius 3 is 2.63 bits per heavy atom. The number of hydrogen-bond acceptors (Lipinski definition) is 2. The van der Waals surface area contributed by atoms with Crippen molar-refractivity contribution in [3.05, 3.63) is 62.8 Å². The second-order valence-corrected chi connectivity index (χ2v) is 5.10. The summed E-state index contributed by atoms with van der Waals surface area (Å²) in [5.41, 5.74) is 0.181. The first-order valence-electron chi connectivity index (χ1n) is 5.37. The van der Waals surface area contributed by atoms with Crippen LogP contribution in [0.5, 0.6) is 5.75 Å². The summed E-state index contributed by atoms with van der Waals surface area (Å²) in [4.78, 5) is 12.3. The minimum absolute atomic E-state index is 0.0269. The minimum Gasteiger partial charge on any atom is -0.494 e. The first kappa shape index (κ1) is 14.0. The smallest absolute Gasteiger partial charge is 0.197 e. The van der Waals surface area contributed by atoms with Gasteiger partial charge in [-0.2, -0.15) is 0 Å². The van der Waals surface area contributed by atoms with E-state index >= 15 is 0 Å². The van der Waals surface area contributed by atoms with Crippen LogP contribution in [0.15, 0.2) is 40.9 Å². The first-order valence-corrected chi connectivity index (χ1v) is 6.54. The average Bonchev–Trinajstić information content (AvgIpc) is 2.38. The molecule has 0 saturated carbocycles. The second kappa shape index (κ2) is 5.72. The van der Waals surface area contributed by atoms with Crippen LogP contribution in [0.4, 0.5) is 4.39 Å². The lowest BCUT2D eigenvalue weighted by Gasteiger charge is -2.08. The van der Waals surface area contributed by atoms with E-state index in [0.29, 0.717) is 0 Å². The molecule has 2 rings (SSSR count). The van der Waals surface area contributed by atoms with Crippen LogP contribution in [0.25, 0.3) is 0 Å². The lowest BCUT2D eigenvalue weighted by molar-refractivity contribution is 0.103. The van der Waals surface area contributed by atoms with Crippen molar-refractivity contribution in [1.82, 2.24) is 0 Å². The third-order valence-electron chi connectivity index (χ3n) is 2.60. The molecule has 0 N–H and O–H groups in total. The van der Waals surface area contributed by atoms with Crippen molar-refractivity contribution < 1.29 is 13.9 Å². The van der Waals surface area contributed by atoms with Crippen molar-refractivity contribution in [3.63, 3.8) is 0 Å². The van der Waals surface area contributed by atoms with E-state index in [4.69, 9.17) is 16.3 Å². The molecule has 2 aromatic rings. The minimum atomic E-state index is -0.686. The van der Waals surface area contributed by atoms with Crippen molar-refractivity contribution >= 4 is 33.3 Å². The molecule has 98 valence electrons. The summed E-state index contributed by atoms with van der Waals surface area (Å²) in [6.45, 7) is 0. The first-order chi connectivity index (χ1) is 9.04. The summed E-state index contributed by atoms with van der Waals surface area (Å²) in [7, 11) is 1.35. The molecule has 5 heteroatoms. The molecule has 0 amide bonds. The molecule has 0 spiro atoms. The van der Waals surface area contributed by atoms with E-state index in [1.165, 1.54) is 19.2 Å². The Bertz CT molecular complexity index is 643. The molecule has 0 aliphatic carbocycles. The predicted octanol–water partition coefficient (Wildman–Crippen LogP) is 4.48. The fraction of sp³-hybridized carbons (Fsp3) is 0.0714. The normalized spacial score (nSPS) is 10.3. The molecule has 0 aliphatic rings. The zero-order chi connectivity index (χ0) is 14.0. The van der Waals surface area contributed by atoms with E-state index in [1.54, 1.807) is 24.3 Å². The van der Waals surface area contributed by atoms with Crippen molar-refractivity contribution in [3.8, 4) is 5.75 Å². The SMILES string of the molecule is COc1cccc(C(=O)c2ccc(Br)cc2Cl)c1F. The molecule has 19 heavy (non-hydrogen) atoms. The van der Waals surface area contributed by atoms with Gasteiger partial charge in [-0.1, -0.05) is 33.6 Å². The molecule has 2 nitrogen and oxygen atoms in total. The summed E-state index contributed by atoms with van der Waals surface area (Å²) in [6.07, 6.45) is 0. The fourth-order valence-electron chi connectivity index (χ4n) is 1.66. The number of ether oxygens (including phenoxy) is 1. The number of hydrogen-bond donors (Lipinski definition) is 0. The zero-order valence-corrected chi connectivity index (χ0v) is 12.3. The van der Waals surface area contributed by atoms with E-state index in [-0.39, 0.29) is 21.9 Å². The zero-order valence-electron chi connectivity index (χ0n) is 9.91. The molecule has 0 atom stereocenters. The highest BCUT2D eigenvalue weighted by Crippen LogP contribution is 2.27. The Labute approximate surface area is 123 Å². The van der Waals surface area contributed by atoms with Gasteiger partial charge in [0.1, 0.15) is 0 Å². The van der Waals surface area contributed by atoms with Gasteiger partial charge in [0.05, 0.1) is 17.7 Å². The molecule has 0 fully saturated rings. The van der Waals surface area contributed by atoms with Gasteiger partial charge >= 0.3 is 0 Å². The average molecular weight is 344 g/mol. The van der Waals surface area contributed by atoms with E-state index < -0.39 is 11.6 Å². The molecule has 0 radical (unpaired) electrons. The molecular weight excluding hydrogens is 335 g/mol. The van der Waals surface area contributed by atoms with Gasteiger partial charge in [-0.25, -0.2) is 4.39 Å². The molecule has 0 saturated heterocycles. The number of carbonyl (C=O) groups is 1. The highest BCUT2D eigenvalue weighted by molar-refractivity contribution is 9.10. The lowest BCUT2D eigenvalue weighted by Crippen LogP contribution is -2.06.